The lowest BCUT2D eigenvalue weighted by atomic mass is 10.0. The lowest BCUT2D eigenvalue weighted by Crippen LogP contribution is -2.07. The molecule has 5 nitrogen and oxygen atoms in total. The van der Waals surface area contributed by atoms with E-state index < -0.39 is 5.97 Å². The molecule has 0 amide bonds. The van der Waals surface area contributed by atoms with Crippen LogP contribution in [-0.4, -0.2) is 21.0 Å². The molecule has 0 spiro atoms. The Hall–Kier alpha value is -1.65. The summed E-state index contributed by atoms with van der Waals surface area (Å²) in [7, 11) is 0. The van der Waals surface area contributed by atoms with Gasteiger partial charge in [0.15, 0.2) is 0 Å². The molecule has 0 saturated carbocycles. The number of hydrogen-bond acceptors (Lipinski definition) is 4. The molecule has 76 valence electrons. The van der Waals surface area contributed by atoms with Crippen LogP contribution in [0.1, 0.15) is 30.7 Å². The number of aromatic nitrogens is 2. The molecule has 1 heterocycles. The van der Waals surface area contributed by atoms with Gasteiger partial charge in [-0.3, -0.25) is 4.79 Å². The lowest BCUT2D eigenvalue weighted by molar-refractivity contribution is -0.137. The van der Waals surface area contributed by atoms with Crippen molar-refractivity contribution in [1.29, 1.82) is 0 Å². The van der Waals surface area contributed by atoms with Crippen LogP contribution in [0.2, 0.25) is 0 Å². The minimum absolute atomic E-state index is 0.0515. The molecule has 0 saturated heterocycles. The number of aliphatic carboxylic acids is 1. The molecule has 0 aromatic carbocycles. The molecule has 0 bridgehead atoms. The normalized spacial score (nSPS) is 12.4. The number of nitrogen functional groups attached to an aromatic ring is 1. The molecule has 0 fully saturated rings. The van der Waals surface area contributed by atoms with Crippen molar-refractivity contribution < 1.29 is 9.90 Å². The number of anilines is 1. The Bertz CT molecular complexity index is 332. The second kappa shape index (κ2) is 4.04. The number of nitrogens with zero attached hydrogens (tertiary/aromatic N) is 2. The highest BCUT2D eigenvalue weighted by atomic mass is 16.4. The molecule has 5 heteroatoms. The van der Waals surface area contributed by atoms with E-state index >= 15 is 0 Å². The van der Waals surface area contributed by atoms with Gasteiger partial charge in [-0.05, 0) is 13.0 Å². The van der Waals surface area contributed by atoms with E-state index in [2.05, 4.69) is 9.97 Å². The number of carboxylic acid groups (broad SMARTS) is 1. The van der Waals surface area contributed by atoms with Crippen LogP contribution in [0.3, 0.4) is 0 Å². The SMILES string of the molecule is Cc1cc(C(C)CC(=O)O)nc(N)n1. The summed E-state index contributed by atoms with van der Waals surface area (Å²) >= 11 is 0. The minimum Gasteiger partial charge on any atom is -0.481 e. The van der Waals surface area contributed by atoms with Gasteiger partial charge < -0.3 is 10.8 Å². The third-order valence-electron chi connectivity index (χ3n) is 1.88. The first kappa shape index (κ1) is 10.4. The van der Waals surface area contributed by atoms with E-state index in [0.29, 0.717) is 5.69 Å². The fourth-order valence-corrected chi connectivity index (χ4v) is 1.24. The van der Waals surface area contributed by atoms with Crippen molar-refractivity contribution in [3.63, 3.8) is 0 Å². The van der Waals surface area contributed by atoms with Crippen LogP contribution < -0.4 is 5.73 Å². The van der Waals surface area contributed by atoms with Crippen molar-refractivity contribution >= 4 is 11.9 Å². The summed E-state index contributed by atoms with van der Waals surface area (Å²) < 4.78 is 0. The van der Waals surface area contributed by atoms with Gasteiger partial charge in [-0.15, -0.1) is 0 Å². The molecular weight excluding hydrogens is 182 g/mol. The van der Waals surface area contributed by atoms with Gasteiger partial charge in [-0.1, -0.05) is 6.92 Å². The summed E-state index contributed by atoms with van der Waals surface area (Å²) in [6.07, 6.45) is 0.0515. The topological polar surface area (TPSA) is 89.1 Å². The quantitative estimate of drug-likeness (QED) is 0.749. The van der Waals surface area contributed by atoms with Gasteiger partial charge in [0.05, 0.1) is 6.42 Å². The van der Waals surface area contributed by atoms with Gasteiger partial charge in [0.2, 0.25) is 5.95 Å². The highest BCUT2D eigenvalue weighted by molar-refractivity contribution is 5.67. The molecular formula is C9H13N3O2. The van der Waals surface area contributed by atoms with Crippen LogP contribution in [0.5, 0.6) is 0 Å². The van der Waals surface area contributed by atoms with Gasteiger partial charge in [0.1, 0.15) is 0 Å². The molecule has 1 aromatic heterocycles. The lowest BCUT2D eigenvalue weighted by Gasteiger charge is -2.08. The molecule has 0 radical (unpaired) electrons. The zero-order chi connectivity index (χ0) is 10.7. The van der Waals surface area contributed by atoms with Crippen molar-refractivity contribution in [2.45, 2.75) is 26.2 Å². The van der Waals surface area contributed by atoms with Crippen molar-refractivity contribution in [2.24, 2.45) is 0 Å². The fourth-order valence-electron chi connectivity index (χ4n) is 1.24. The average Bonchev–Trinajstić information content (AvgIpc) is 2.00. The van der Waals surface area contributed by atoms with Gasteiger partial charge in [0, 0.05) is 17.3 Å². The Balaban J connectivity index is 2.89. The largest absolute Gasteiger partial charge is 0.481 e. The first-order valence-electron chi connectivity index (χ1n) is 4.32. The second-order valence-electron chi connectivity index (χ2n) is 3.29. The van der Waals surface area contributed by atoms with E-state index in [1.165, 1.54) is 0 Å². The van der Waals surface area contributed by atoms with Crippen LogP contribution in [0, 0.1) is 6.92 Å². The predicted octanol–water partition coefficient (Wildman–Crippen LogP) is 0.945. The van der Waals surface area contributed by atoms with Crippen LogP contribution in [0.25, 0.3) is 0 Å². The van der Waals surface area contributed by atoms with Crippen molar-refractivity contribution in [3.8, 4) is 0 Å². The number of carboxylic acids is 1. The molecule has 14 heavy (non-hydrogen) atoms. The highest BCUT2D eigenvalue weighted by Gasteiger charge is 2.12. The molecule has 1 atom stereocenters. The smallest absolute Gasteiger partial charge is 0.304 e. The number of hydrogen-bond donors (Lipinski definition) is 2. The number of nitrogens with two attached hydrogens (primary N) is 1. The van der Waals surface area contributed by atoms with E-state index in [9.17, 15) is 4.79 Å². The monoisotopic (exact) mass is 195 g/mol. The third-order valence-corrected chi connectivity index (χ3v) is 1.88. The maximum Gasteiger partial charge on any atom is 0.304 e. The Morgan fingerprint density at radius 2 is 2.29 bits per heavy atom. The molecule has 0 aliphatic heterocycles. The van der Waals surface area contributed by atoms with E-state index in [-0.39, 0.29) is 18.3 Å². The van der Waals surface area contributed by atoms with Crippen molar-refractivity contribution in [3.05, 3.63) is 17.5 Å². The number of rotatable bonds is 3. The third kappa shape index (κ3) is 2.69. The maximum atomic E-state index is 10.5. The molecule has 0 aliphatic carbocycles. The molecule has 3 N–H and O–H groups in total. The average molecular weight is 195 g/mol. The highest BCUT2D eigenvalue weighted by Crippen LogP contribution is 2.17. The van der Waals surface area contributed by atoms with E-state index in [1.54, 1.807) is 19.9 Å². The molecule has 1 aromatic rings. The maximum absolute atomic E-state index is 10.5. The summed E-state index contributed by atoms with van der Waals surface area (Å²) in [6, 6.07) is 1.75. The van der Waals surface area contributed by atoms with E-state index in [1.807, 2.05) is 0 Å². The summed E-state index contributed by atoms with van der Waals surface area (Å²) in [4.78, 5) is 18.4. The van der Waals surface area contributed by atoms with Crippen molar-refractivity contribution in [1.82, 2.24) is 9.97 Å². The van der Waals surface area contributed by atoms with E-state index in [0.717, 1.165) is 5.69 Å². The first-order chi connectivity index (χ1) is 6.49. The van der Waals surface area contributed by atoms with Crippen LogP contribution in [0.15, 0.2) is 6.07 Å². The fraction of sp³-hybridized carbons (Fsp3) is 0.444. The number of aryl methyl sites for hydroxylation is 1. The molecule has 1 unspecified atom stereocenters. The summed E-state index contributed by atoms with van der Waals surface area (Å²) in [5.41, 5.74) is 6.89. The minimum atomic E-state index is -0.840. The van der Waals surface area contributed by atoms with Crippen LogP contribution in [-0.2, 0) is 4.79 Å². The van der Waals surface area contributed by atoms with Gasteiger partial charge in [0.25, 0.3) is 0 Å². The van der Waals surface area contributed by atoms with Crippen LogP contribution >= 0.6 is 0 Å². The summed E-state index contributed by atoms with van der Waals surface area (Å²) in [5.74, 6) is -0.791. The Morgan fingerprint density at radius 1 is 1.64 bits per heavy atom. The predicted molar refractivity (Wildman–Crippen MR) is 51.8 cm³/mol. The van der Waals surface area contributed by atoms with Gasteiger partial charge >= 0.3 is 5.97 Å². The van der Waals surface area contributed by atoms with Gasteiger partial charge in [-0.25, -0.2) is 9.97 Å². The standard InChI is InChI=1S/C9H13N3O2/c1-5(3-8(13)14)7-4-6(2)11-9(10)12-7/h4-5H,3H2,1-2H3,(H,13,14)(H2,10,11,12). The Morgan fingerprint density at radius 3 is 2.79 bits per heavy atom. The summed E-state index contributed by atoms with van der Waals surface area (Å²) in [6.45, 7) is 3.60. The van der Waals surface area contributed by atoms with Crippen LogP contribution in [0.4, 0.5) is 5.95 Å². The zero-order valence-electron chi connectivity index (χ0n) is 8.19. The first-order valence-corrected chi connectivity index (χ1v) is 4.32. The Labute approximate surface area is 82.0 Å². The molecule has 1 rings (SSSR count). The zero-order valence-corrected chi connectivity index (χ0v) is 8.19. The summed E-state index contributed by atoms with van der Waals surface area (Å²) in [5, 5.41) is 8.61. The van der Waals surface area contributed by atoms with Crippen molar-refractivity contribution in [2.75, 3.05) is 5.73 Å². The number of carbonyl (C=O) groups is 1. The second-order valence-corrected chi connectivity index (χ2v) is 3.29. The van der Waals surface area contributed by atoms with E-state index in [4.69, 9.17) is 10.8 Å². The van der Waals surface area contributed by atoms with Gasteiger partial charge in [-0.2, -0.15) is 0 Å². The Kier molecular flexibility index (Phi) is 3.01. The molecule has 0 aliphatic rings.